The maximum Gasteiger partial charge on any atom is 0.0844 e. The summed E-state index contributed by atoms with van der Waals surface area (Å²) >= 11 is 6.26. The highest BCUT2D eigenvalue weighted by molar-refractivity contribution is 6.20. The van der Waals surface area contributed by atoms with Crippen molar-refractivity contribution >= 4 is 22.4 Å². The van der Waals surface area contributed by atoms with Crippen LogP contribution in [0.25, 0.3) is 10.8 Å². The number of benzene rings is 2. The van der Waals surface area contributed by atoms with Crippen LogP contribution >= 0.6 is 11.6 Å². The van der Waals surface area contributed by atoms with Gasteiger partial charge < -0.3 is 9.84 Å². The molecule has 0 aliphatic carbocycles. The number of fused-ring (bicyclic) bond motifs is 1. The molecule has 2 aromatic carbocycles. The monoisotopic (exact) mass is 276 g/mol. The van der Waals surface area contributed by atoms with E-state index < -0.39 is 0 Å². The summed E-state index contributed by atoms with van der Waals surface area (Å²) in [7, 11) is 0. The zero-order valence-corrected chi connectivity index (χ0v) is 11.4. The average Bonchev–Trinajstić information content (AvgIpc) is 2.46. The largest absolute Gasteiger partial charge is 0.394 e. The molecule has 1 heterocycles. The molecule has 2 nitrogen and oxygen atoms in total. The van der Waals surface area contributed by atoms with Gasteiger partial charge in [-0.25, -0.2) is 0 Å². The van der Waals surface area contributed by atoms with Gasteiger partial charge in [-0.3, -0.25) is 0 Å². The highest BCUT2D eigenvalue weighted by Gasteiger charge is 2.28. The van der Waals surface area contributed by atoms with Gasteiger partial charge in [0, 0.05) is 5.38 Å². The molecule has 19 heavy (non-hydrogen) atoms. The van der Waals surface area contributed by atoms with Crippen LogP contribution in [0.1, 0.15) is 24.5 Å². The van der Waals surface area contributed by atoms with Crippen molar-refractivity contribution in [2.45, 2.75) is 30.4 Å². The van der Waals surface area contributed by atoms with Crippen LogP contribution in [0.5, 0.6) is 0 Å². The fourth-order valence-electron chi connectivity index (χ4n) is 2.70. The summed E-state index contributed by atoms with van der Waals surface area (Å²) in [6.45, 7) is 0.0350. The molecule has 3 heteroatoms. The molecule has 1 aliphatic heterocycles. The lowest BCUT2D eigenvalue weighted by Gasteiger charge is -2.32. The van der Waals surface area contributed by atoms with Crippen molar-refractivity contribution in [1.82, 2.24) is 0 Å². The van der Waals surface area contributed by atoms with Gasteiger partial charge in [-0.1, -0.05) is 36.4 Å². The number of rotatable bonds is 2. The van der Waals surface area contributed by atoms with E-state index in [0.717, 1.165) is 18.4 Å². The Labute approximate surface area is 118 Å². The first-order valence-corrected chi connectivity index (χ1v) is 7.09. The first-order valence-electron chi connectivity index (χ1n) is 6.65. The van der Waals surface area contributed by atoms with E-state index in [9.17, 15) is 5.11 Å². The third-order valence-corrected chi connectivity index (χ3v) is 4.05. The van der Waals surface area contributed by atoms with Crippen LogP contribution in [-0.4, -0.2) is 23.2 Å². The Morgan fingerprint density at radius 1 is 1.11 bits per heavy atom. The van der Waals surface area contributed by atoms with Crippen molar-refractivity contribution in [3.63, 3.8) is 0 Å². The Morgan fingerprint density at radius 3 is 2.68 bits per heavy atom. The van der Waals surface area contributed by atoms with Gasteiger partial charge in [0.1, 0.15) is 0 Å². The lowest BCUT2D eigenvalue weighted by atomic mass is 9.96. The van der Waals surface area contributed by atoms with Gasteiger partial charge in [0.25, 0.3) is 0 Å². The van der Waals surface area contributed by atoms with E-state index in [4.69, 9.17) is 16.3 Å². The van der Waals surface area contributed by atoms with Gasteiger partial charge in [-0.15, -0.1) is 11.6 Å². The molecule has 1 fully saturated rings. The molecular formula is C16H17ClO2. The summed E-state index contributed by atoms with van der Waals surface area (Å²) < 4.78 is 5.91. The lowest BCUT2D eigenvalue weighted by Crippen LogP contribution is -2.31. The highest BCUT2D eigenvalue weighted by Crippen LogP contribution is 2.34. The molecule has 0 spiro atoms. The average molecular weight is 277 g/mol. The number of hydrogen-bond donors (Lipinski definition) is 1. The minimum absolute atomic E-state index is 0.0157. The Balaban J connectivity index is 1.90. The van der Waals surface area contributed by atoms with E-state index in [1.807, 2.05) is 12.1 Å². The number of aliphatic hydroxyl groups is 1. The van der Waals surface area contributed by atoms with E-state index in [0.29, 0.717) is 0 Å². The lowest BCUT2D eigenvalue weighted by molar-refractivity contribution is -0.0720. The molecule has 0 radical (unpaired) electrons. The maximum atomic E-state index is 9.26. The summed E-state index contributed by atoms with van der Waals surface area (Å²) in [6, 6.07) is 14.6. The molecular weight excluding hydrogens is 260 g/mol. The predicted molar refractivity (Wildman–Crippen MR) is 77.5 cm³/mol. The first-order chi connectivity index (χ1) is 9.26. The van der Waals surface area contributed by atoms with Gasteiger partial charge in [0.15, 0.2) is 0 Å². The SMILES string of the molecule is OC[C@H]1C[C@@H](Cl)C[C@@H](c2ccc3ccccc3c2)O1. The number of alkyl halides is 1. The predicted octanol–water partition coefficient (Wildman–Crippen LogP) is 3.66. The maximum absolute atomic E-state index is 9.26. The molecule has 1 aliphatic rings. The van der Waals surface area contributed by atoms with Crippen molar-refractivity contribution in [3.8, 4) is 0 Å². The second-order valence-corrected chi connectivity index (χ2v) is 5.72. The Kier molecular flexibility index (Phi) is 3.74. The molecule has 0 saturated carbocycles. The Morgan fingerprint density at radius 2 is 1.89 bits per heavy atom. The number of ether oxygens (including phenoxy) is 1. The minimum atomic E-state index is -0.146. The standard InChI is InChI=1S/C16H17ClO2/c17-14-8-15(10-18)19-16(9-14)13-6-5-11-3-1-2-4-12(11)7-13/h1-7,14-16,18H,8-10H2/t14-,15-,16+/m1/s1. The summed E-state index contributed by atoms with van der Waals surface area (Å²) in [5.41, 5.74) is 1.14. The van der Waals surface area contributed by atoms with Crippen molar-refractivity contribution in [2.75, 3.05) is 6.61 Å². The molecule has 1 saturated heterocycles. The fourth-order valence-corrected chi connectivity index (χ4v) is 3.06. The minimum Gasteiger partial charge on any atom is -0.394 e. The summed E-state index contributed by atoms with van der Waals surface area (Å²) in [6.07, 6.45) is 1.36. The smallest absolute Gasteiger partial charge is 0.0844 e. The van der Waals surface area contributed by atoms with Gasteiger partial charge in [0.05, 0.1) is 18.8 Å². The molecule has 3 rings (SSSR count). The molecule has 1 N–H and O–H groups in total. The molecule has 0 amide bonds. The van der Waals surface area contributed by atoms with E-state index in [-0.39, 0.29) is 24.2 Å². The second-order valence-electron chi connectivity index (χ2n) is 5.10. The van der Waals surface area contributed by atoms with Crippen LogP contribution in [0.4, 0.5) is 0 Å². The third-order valence-electron chi connectivity index (χ3n) is 3.69. The zero-order chi connectivity index (χ0) is 13.2. The van der Waals surface area contributed by atoms with Crippen molar-refractivity contribution < 1.29 is 9.84 Å². The van der Waals surface area contributed by atoms with Crippen LogP contribution in [0.15, 0.2) is 42.5 Å². The normalized spacial score (nSPS) is 27.6. The summed E-state index contributed by atoms with van der Waals surface area (Å²) in [4.78, 5) is 0. The molecule has 2 aromatic rings. The van der Waals surface area contributed by atoms with Gasteiger partial charge in [0.2, 0.25) is 0 Å². The Bertz CT molecular complexity index is 569. The molecule has 0 unspecified atom stereocenters. The van der Waals surface area contributed by atoms with Crippen molar-refractivity contribution in [1.29, 1.82) is 0 Å². The van der Waals surface area contributed by atoms with Gasteiger partial charge in [-0.05, 0) is 35.2 Å². The molecule has 3 atom stereocenters. The van der Waals surface area contributed by atoms with Crippen molar-refractivity contribution in [2.24, 2.45) is 0 Å². The van der Waals surface area contributed by atoms with E-state index >= 15 is 0 Å². The van der Waals surface area contributed by atoms with Crippen LogP contribution in [0.3, 0.4) is 0 Å². The quantitative estimate of drug-likeness (QED) is 0.848. The van der Waals surface area contributed by atoms with E-state index in [2.05, 4.69) is 30.3 Å². The first kappa shape index (κ1) is 12.9. The van der Waals surface area contributed by atoms with Crippen molar-refractivity contribution in [3.05, 3.63) is 48.0 Å². The van der Waals surface area contributed by atoms with E-state index in [1.54, 1.807) is 0 Å². The van der Waals surface area contributed by atoms with Crippen LogP contribution in [0.2, 0.25) is 0 Å². The number of hydrogen-bond acceptors (Lipinski definition) is 2. The highest BCUT2D eigenvalue weighted by atomic mass is 35.5. The topological polar surface area (TPSA) is 29.5 Å². The zero-order valence-electron chi connectivity index (χ0n) is 10.6. The number of aliphatic hydroxyl groups excluding tert-OH is 1. The van der Waals surface area contributed by atoms with Gasteiger partial charge in [-0.2, -0.15) is 0 Å². The molecule has 0 aromatic heterocycles. The summed E-state index contributed by atoms with van der Waals surface area (Å²) in [5.74, 6) is 0. The van der Waals surface area contributed by atoms with Crippen LogP contribution < -0.4 is 0 Å². The van der Waals surface area contributed by atoms with Crippen LogP contribution in [0, 0.1) is 0 Å². The third kappa shape index (κ3) is 2.76. The van der Waals surface area contributed by atoms with E-state index in [1.165, 1.54) is 10.8 Å². The summed E-state index contributed by atoms with van der Waals surface area (Å²) in [5, 5.41) is 11.8. The molecule has 100 valence electrons. The Hall–Kier alpha value is -1.09. The second kappa shape index (κ2) is 5.49. The molecule has 0 bridgehead atoms. The fraction of sp³-hybridized carbons (Fsp3) is 0.375. The van der Waals surface area contributed by atoms with Crippen LogP contribution in [-0.2, 0) is 4.74 Å². The van der Waals surface area contributed by atoms with Gasteiger partial charge >= 0.3 is 0 Å². The number of halogens is 1.